The van der Waals surface area contributed by atoms with E-state index in [1.165, 1.54) is 32.1 Å². The van der Waals surface area contributed by atoms with Crippen LogP contribution in [0.25, 0.3) is 0 Å². The molecule has 180 valence electrons. The predicted octanol–water partition coefficient (Wildman–Crippen LogP) is 4.79. The lowest BCUT2D eigenvalue weighted by Gasteiger charge is -2.12. The molecule has 0 amide bonds. The lowest BCUT2D eigenvalue weighted by atomic mass is 10.0. The number of sulfonamides is 1. The molecule has 0 radical (unpaired) electrons. The average Bonchev–Trinajstić information content (AvgIpc) is 2.72. The topological polar surface area (TPSA) is 84.5 Å². The van der Waals surface area contributed by atoms with Gasteiger partial charge in [0.25, 0.3) is 0 Å². The van der Waals surface area contributed by atoms with E-state index in [9.17, 15) is 13.2 Å². The van der Waals surface area contributed by atoms with Crippen LogP contribution in [0.3, 0.4) is 0 Å². The Morgan fingerprint density at radius 3 is 2.20 bits per heavy atom. The van der Waals surface area contributed by atoms with Crippen molar-refractivity contribution < 1.29 is 17.9 Å². The first-order valence-corrected chi connectivity index (χ1v) is 13.9. The van der Waals surface area contributed by atoms with Gasteiger partial charge < -0.3 is 10.1 Å². The third-order valence-corrected chi connectivity index (χ3v) is 6.70. The highest BCUT2D eigenvalue weighted by molar-refractivity contribution is 7.89. The van der Waals surface area contributed by atoms with Crippen molar-refractivity contribution in [3.05, 3.63) is 0 Å². The lowest BCUT2D eigenvalue weighted by Crippen LogP contribution is -2.28. The summed E-state index contributed by atoms with van der Waals surface area (Å²) in [5.74, 6) is 0.555. The predicted molar refractivity (Wildman–Crippen MR) is 126 cm³/mol. The van der Waals surface area contributed by atoms with Crippen molar-refractivity contribution in [1.82, 2.24) is 10.0 Å². The summed E-state index contributed by atoms with van der Waals surface area (Å²) in [7, 11) is -3.06. The fourth-order valence-corrected chi connectivity index (χ4v) is 3.86. The van der Waals surface area contributed by atoms with Gasteiger partial charge >= 0.3 is 5.97 Å². The van der Waals surface area contributed by atoms with E-state index in [2.05, 4.69) is 23.9 Å². The monoisotopic (exact) mass is 448 g/mol. The minimum atomic E-state index is -3.06. The molecule has 0 aliphatic carbocycles. The first kappa shape index (κ1) is 29.3. The minimum absolute atomic E-state index is 0.0480. The van der Waals surface area contributed by atoms with E-state index in [-0.39, 0.29) is 11.7 Å². The Morgan fingerprint density at radius 2 is 1.47 bits per heavy atom. The molecule has 0 bridgehead atoms. The van der Waals surface area contributed by atoms with Crippen molar-refractivity contribution in [2.24, 2.45) is 5.92 Å². The fourth-order valence-electron chi connectivity index (χ4n) is 3.20. The van der Waals surface area contributed by atoms with Crippen LogP contribution in [0.4, 0.5) is 0 Å². The number of ether oxygens (including phenoxy) is 1. The zero-order valence-corrected chi connectivity index (χ0v) is 20.7. The summed E-state index contributed by atoms with van der Waals surface area (Å²) in [5.41, 5.74) is 0. The van der Waals surface area contributed by atoms with Gasteiger partial charge in [0, 0.05) is 13.0 Å². The summed E-state index contributed by atoms with van der Waals surface area (Å²) in [6.07, 6.45) is 14.3. The molecule has 0 spiro atoms. The van der Waals surface area contributed by atoms with Gasteiger partial charge in [-0.05, 0) is 51.6 Å². The largest absolute Gasteiger partial charge is 0.465 e. The van der Waals surface area contributed by atoms with Gasteiger partial charge in [-0.1, -0.05) is 65.2 Å². The van der Waals surface area contributed by atoms with Crippen LogP contribution >= 0.6 is 0 Å². The quantitative estimate of drug-likeness (QED) is 0.184. The Bertz CT molecular complexity index is 497. The van der Waals surface area contributed by atoms with E-state index in [1.54, 1.807) is 6.92 Å². The van der Waals surface area contributed by atoms with Crippen molar-refractivity contribution in [3.8, 4) is 0 Å². The van der Waals surface area contributed by atoms with Crippen LogP contribution in [0, 0.1) is 5.92 Å². The number of nitrogens with one attached hydrogen (secondary N) is 2. The summed E-state index contributed by atoms with van der Waals surface area (Å²) in [6.45, 7) is 8.89. The van der Waals surface area contributed by atoms with Gasteiger partial charge in [-0.2, -0.15) is 0 Å². The summed E-state index contributed by atoms with van der Waals surface area (Å²) in [6, 6.07) is 0. The molecule has 1 atom stereocenters. The van der Waals surface area contributed by atoms with Gasteiger partial charge in [0.05, 0.1) is 12.4 Å². The van der Waals surface area contributed by atoms with Crippen molar-refractivity contribution in [2.45, 2.75) is 104 Å². The maximum absolute atomic E-state index is 11.8. The maximum Gasteiger partial charge on any atom is 0.305 e. The SMILES string of the molecule is CCCCCCCC(C)COC(=O)CCCCCCCNCCCNS(=O)(=O)CC. The standard InChI is InChI=1S/C23H48N2O4S/c1-4-6-7-9-12-16-22(3)21-29-23(26)17-13-10-8-11-14-18-24-19-15-20-25-30(27,28)5-2/h22,24-25H,4-21H2,1-3H3. The van der Waals surface area contributed by atoms with Crippen molar-refractivity contribution in [1.29, 1.82) is 0 Å². The summed E-state index contributed by atoms with van der Waals surface area (Å²) in [4.78, 5) is 11.8. The summed E-state index contributed by atoms with van der Waals surface area (Å²) >= 11 is 0. The lowest BCUT2D eigenvalue weighted by molar-refractivity contribution is -0.145. The summed E-state index contributed by atoms with van der Waals surface area (Å²) < 4.78 is 30.5. The molecule has 6 nitrogen and oxygen atoms in total. The zero-order valence-electron chi connectivity index (χ0n) is 19.8. The van der Waals surface area contributed by atoms with Gasteiger partial charge in [0.1, 0.15) is 0 Å². The highest BCUT2D eigenvalue weighted by Gasteiger charge is 2.07. The van der Waals surface area contributed by atoms with Crippen molar-refractivity contribution in [2.75, 3.05) is 32.0 Å². The van der Waals surface area contributed by atoms with E-state index in [1.807, 2.05) is 0 Å². The van der Waals surface area contributed by atoms with Crippen LogP contribution in [-0.4, -0.2) is 46.4 Å². The average molecular weight is 449 g/mol. The number of rotatable bonds is 22. The van der Waals surface area contributed by atoms with Crippen molar-refractivity contribution in [3.63, 3.8) is 0 Å². The van der Waals surface area contributed by atoms with Crippen molar-refractivity contribution >= 4 is 16.0 Å². The number of esters is 1. The molecule has 1 unspecified atom stereocenters. The zero-order chi connectivity index (χ0) is 22.5. The molecule has 30 heavy (non-hydrogen) atoms. The molecular formula is C23H48N2O4S. The third kappa shape index (κ3) is 20.6. The second-order valence-corrected chi connectivity index (χ2v) is 10.5. The summed E-state index contributed by atoms with van der Waals surface area (Å²) in [5, 5.41) is 3.34. The van der Waals surface area contributed by atoms with Crippen LogP contribution in [0.5, 0.6) is 0 Å². The van der Waals surface area contributed by atoms with Gasteiger partial charge in [-0.25, -0.2) is 13.1 Å². The van der Waals surface area contributed by atoms with Crippen LogP contribution < -0.4 is 10.0 Å². The number of hydrogen-bond donors (Lipinski definition) is 2. The van der Waals surface area contributed by atoms with Gasteiger partial charge in [-0.3, -0.25) is 4.79 Å². The molecule has 0 aliphatic heterocycles. The van der Waals surface area contributed by atoms with Crippen LogP contribution in [0.2, 0.25) is 0 Å². The third-order valence-electron chi connectivity index (χ3n) is 5.30. The van der Waals surface area contributed by atoms with E-state index >= 15 is 0 Å². The fraction of sp³-hybridized carbons (Fsp3) is 0.957. The molecule has 0 saturated heterocycles. The Balaban J connectivity index is 3.35. The van der Waals surface area contributed by atoms with Crippen LogP contribution in [-0.2, 0) is 19.6 Å². The highest BCUT2D eigenvalue weighted by atomic mass is 32.2. The number of carbonyl (C=O) groups is 1. The second-order valence-electron chi connectivity index (χ2n) is 8.41. The molecule has 0 aromatic heterocycles. The first-order valence-electron chi connectivity index (χ1n) is 12.2. The first-order chi connectivity index (χ1) is 14.4. The van der Waals surface area contributed by atoms with Gasteiger partial charge in [-0.15, -0.1) is 0 Å². The smallest absolute Gasteiger partial charge is 0.305 e. The van der Waals surface area contributed by atoms with E-state index in [0.717, 1.165) is 58.0 Å². The minimum Gasteiger partial charge on any atom is -0.465 e. The molecule has 0 rings (SSSR count). The van der Waals surface area contributed by atoms with Crippen LogP contribution in [0.15, 0.2) is 0 Å². The Labute approximate surface area is 186 Å². The second kappa shape index (κ2) is 20.3. The molecule has 0 aromatic rings. The molecule has 2 N–H and O–H groups in total. The van der Waals surface area contributed by atoms with Gasteiger partial charge in [0.15, 0.2) is 0 Å². The highest BCUT2D eigenvalue weighted by Crippen LogP contribution is 2.12. The maximum atomic E-state index is 11.8. The Morgan fingerprint density at radius 1 is 0.833 bits per heavy atom. The molecule has 0 saturated carbocycles. The molecule has 7 heteroatoms. The molecule has 0 heterocycles. The molecule has 0 fully saturated rings. The number of hydrogen-bond acceptors (Lipinski definition) is 5. The normalized spacial score (nSPS) is 12.8. The van der Waals surface area contributed by atoms with E-state index in [0.29, 0.717) is 25.5 Å². The van der Waals surface area contributed by atoms with Crippen LogP contribution in [0.1, 0.15) is 104 Å². The number of carbonyl (C=O) groups excluding carboxylic acids is 1. The van der Waals surface area contributed by atoms with Gasteiger partial charge in [0.2, 0.25) is 10.0 Å². The molecular weight excluding hydrogens is 400 g/mol. The molecule has 0 aromatic carbocycles. The van der Waals surface area contributed by atoms with E-state index in [4.69, 9.17) is 4.74 Å². The van der Waals surface area contributed by atoms with E-state index < -0.39 is 10.0 Å². The Kier molecular flexibility index (Phi) is 19.8. The number of unbranched alkanes of at least 4 members (excludes halogenated alkanes) is 8. The molecule has 0 aliphatic rings. The Hall–Kier alpha value is -0.660.